The number of anilines is 1. The molecule has 1 rings (SSSR count). The summed E-state index contributed by atoms with van der Waals surface area (Å²) in [7, 11) is 0. The van der Waals surface area contributed by atoms with Crippen LogP contribution in [0, 0.1) is 0 Å². The number of amides is 1. The number of Topliss-reactive ketones (excluding diaryl/α,β-unsaturated/α-hetero) is 1. The number of ketones is 1. The number of hydrogen-bond acceptors (Lipinski definition) is 5. The van der Waals surface area contributed by atoms with E-state index in [4.69, 9.17) is 5.84 Å². The van der Waals surface area contributed by atoms with Gasteiger partial charge in [0.25, 0.3) is 5.91 Å². The van der Waals surface area contributed by atoms with E-state index in [9.17, 15) is 9.59 Å². The van der Waals surface area contributed by atoms with Crippen molar-refractivity contribution < 1.29 is 9.59 Å². The fraction of sp³-hybridized carbons (Fsp3) is 0.462. The van der Waals surface area contributed by atoms with Crippen LogP contribution in [0.4, 0.5) is 5.82 Å². The Labute approximate surface area is 112 Å². The highest BCUT2D eigenvalue weighted by molar-refractivity contribution is 5.93. The Morgan fingerprint density at radius 1 is 1.26 bits per heavy atom. The van der Waals surface area contributed by atoms with Crippen molar-refractivity contribution >= 4 is 17.5 Å². The fourth-order valence-electron chi connectivity index (χ4n) is 1.59. The Morgan fingerprint density at radius 3 is 2.63 bits per heavy atom. The summed E-state index contributed by atoms with van der Waals surface area (Å²) in [4.78, 5) is 26.4. The van der Waals surface area contributed by atoms with Crippen LogP contribution in [0.2, 0.25) is 0 Å². The molecule has 1 aromatic rings. The number of rotatable bonds is 8. The van der Waals surface area contributed by atoms with Gasteiger partial charge in [-0.25, -0.2) is 10.8 Å². The van der Waals surface area contributed by atoms with Crippen molar-refractivity contribution in [3.8, 4) is 0 Å². The molecular formula is C13H20N4O2. The van der Waals surface area contributed by atoms with Crippen LogP contribution in [0.3, 0.4) is 0 Å². The van der Waals surface area contributed by atoms with Gasteiger partial charge in [0.05, 0.1) is 5.56 Å². The van der Waals surface area contributed by atoms with Crippen molar-refractivity contribution in [1.82, 2.24) is 10.3 Å². The lowest BCUT2D eigenvalue weighted by Crippen LogP contribution is -2.24. The number of unbranched alkanes of at least 4 members (excludes halogenated alkanes) is 2. The van der Waals surface area contributed by atoms with Gasteiger partial charge in [-0.3, -0.25) is 4.79 Å². The van der Waals surface area contributed by atoms with E-state index in [1.165, 1.54) is 6.20 Å². The summed E-state index contributed by atoms with van der Waals surface area (Å²) in [6, 6.07) is 3.30. The topological polar surface area (TPSA) is 97.1 Å². The SMILES string of the molecule is CC(=O)CCCCCNC(=O)c1ccc(NN)nc1. The molecule has 6 nitrogen and oxygen atoms in total. The summed E-state index contributed by atoms with van der Waals surface area (Å²) in [5.41, 5.74) is 2.90. The van der Waals surface area contributed by atoms with E-state index in [0.29, 0.717) is 24.3 Å². The first kappa shape index (κ1) is 15.1. The number of nitrogen functional groups attached to an aromatic ring is 1. The summed E-state index contributed by atoms with van der Waals surface area (Å²) in [6.07, 6.45) is 4.78. The highest BCUT2D eigenvalue weighted by Gasteiger charge is 2.05. The molecule has 4 N–H and O–H groups in total. The number of pyridine rings is 1. The van der Waals surface area contributed by atoms with Crippen molar-refractivity contribution in [3.63, 3.8) is 0 Å². The summed E-state index contributed by atoms with van der Waals surface area (Å²) in [5, 5.41) is 2.81. The zero-order chi connectivity index (χ0) is 14.1. The number of nitrogens with zero attached hydrogens (tertiary/aromatic N) is 1. The van der Waals surface area contributed by atoms with Crippen LogP contribution in [-0.4, -0.2) is 23.2 Å². The first-order chi connectivity index (χ1) is 9.13. The second-order valence-corrected chi connectivity index (χ2v) is 4.35. The van der Waals surface area contributed by atoms with Gasteiger partial charge in [-0.15, -0.1) is 0 Å². The average Bonchev–Trinajstić information content (AvgIpc) is 2.42. The maximum Gasteiger partial charge on any atom is 0.252 e. The molecule has 1 heterocycles. The van der Waals surface area contributed by atoms with Crippen LogP contribution >= 0.6 is 0 Å². The number of carbonyl (C=O) groups excluding carboxylic acids is 2. The maximum atomic E-state index is 11.7. The number of nitrogens with two attached hydrogens (primary N) is 1. The monoisotopic (exact) mass is 264 g/mol. The molecule has 0 unspecified atom stereocenters. The van der Waals surface area contributed by atoms with Crippen molar-refractivity contribution in [3.05, 3.63) is 23.9 Å². The molecule has 0 atom stereocenters. The van der Waals surface area contributed by atoms with Crippen molar-refractivity contribution in [2.75, 3.05) is 12.0 Å². The molecule has 0 aliphatic rings. The summed E-state index contributed by atoms with van der Waals surface area (Å²) < 4.78 is 0. The molecule has 1 amide bonds. The molecule has 0 aliphatic carbocycles. The van der Waals surface area contributed by atoms with Gasteiger partial charge in [0.2, 0.25) is 0 Å². The molecule has 6 heteroatoms. The Balaban J connectivity index is 2.21. The summed E-state index contributed by atoms with van der Waals surface area (Å²) >= 11 is 0. The smallest absolute Gasteiger partial charge is 0.252 e. The Kier molecular flexibility index (Phi) is 6.52. The third kappa shape index (κ3) is 5.96. The van der Waals surface area contributed by atoms with Crippen LogP contribution in [0.5, 0.6) is 0 Å². The lowest BCUT2D eigenvalue weighted by Gasteiger charge is -2.05. The molecule has 104 valence electrons. The number of hydrogen-bond donors (Lipinski definition) is 3. The van der Waals surface area contributed by atoms with Crippen LogP contribution in [0.1, 0.15) is 43.0 Å². The second-order valence-electron chi connectivity index (χ2n) is 4.35. The van der Waals surface area contributed by atoms with E-state index in [1.807, 2.05) is 0 Å². The predicted molar refractivity (Wildman–Crippen MR) is 73.5 cm³/mol. The van der Waals surface area contributed by atoms with Gasteiger partial charge in [0, 0.05) is 19.2 Å². The first-order valence-electron chi connectivity index (χ1n) is 6.34. The molecule has 19 heavy (non-hydrogen) atoms. The van der Waals surface area contributed by atoms with Crippen LogP contribution in [0.25, 0.3) is 0 Å². The van der Waals surface area contributed by atoms with Gasteiger partial charge in [0.15, 0.2) is 0 Å². The minimum absolute atomic E-state index is 0.150. The van der Waals surface area contributed by atoms with Crippen LogP contribution in [-0.2, 0) is 4.79 Å². The highest BCUT2D eigenvalue weighted by Crippen LogP contribution is 2.04. The molecule has 0 bridgehead atoms. The van der Waals surface area contributed by atoms with Crippen molar-refractivity contribution in [1.29, 1.82) is 0 Å². The van der Waals surface area contributed by atoms with E-state index < -0.39 is 0 Å². The van der Waals surface area contributed by atoms with Crippen LogP contribution < -0.4 is 16.6 Å². The molecule has 0 radical (unpaired) electrons. The zero-order valence-corrected chi connectivity index (χ0v) is 11.1. The van der Waals surface area contributed by atoms with Gasteiger partial charge in [-0.05, 0) is 31.9 Å². The first-order valence-corrected chi connectivity index (χ1v) is 6.34. The lowest BCUT2D eigenvalue weighted by atomic mass is 10.1. The minimum Gasteiger partial charge on any atom is -0.352 e. The van der Waals surface area contributed by atoms with Crippen molar-refractivity contribution in [2.45, 2.75) is 32.6 Å². The Morgan fingerprint density at radius 2 is 2.05 bits per heavy atom. The van der Waals surface area contributed by atoms with E-state index in [0.717, 1.165) is 19.3 Å². The van der Waals surface area contributed by atoms with Crippen LogP contribution in [0.15, 0.2) is 18.3 Å². The van der Waals surface area contributed by atoms with Crippen molar-refractivity contribution in [2.24, 2.45) is 5.84 Å². The molecule has 0 spiro atoms. The minimum atomic E-state index is -0.150. The predicted octanol–water partition coefficient (Wildman–Crippen LogP) is 1.25. The number of carbonyl (C=O) groups is 2. The van der Waals surface area contributed by atoms with Gasteiger partial charge in [0.1, 0.15) is 11.6 Å². The number of hydrazine groups is 1. The number of aromatic nitrogens is 1. The molecule has 0 aliphatic heterocycles. The van der Waals surface area contributed by atoms with E-state index in [1.54, 1.807) is 19.1 Å². The maximum absolute atomic E-state index is 11.7. The lowest BCUT2D eigenvalue weighted by molar-refractivity contribution is -0.117. The standard InChI is InChI=1S/C13H20N4O2/c1-10(18)5-3-2-4-8-15-13(19)11-6-7-12(17-14)16-9-11/h6-7,9H,2-5,8,14H2,1H3,(H,15,19)(H,16,17). The normalized spacial score (nSPS) is 10.0. The third-order valence-corrected chi connectivity index (χ3v) is 2.66. The van der Waals surface area contributed by atoms with E-state index >= 15 is 0 Å². The van der Waals surface area contributed by atoms with E-state index in [2.05, 4.69) is 15.7 Å². The largest absolute Gasteiger partial charge is 0.352 e. The fourth-order valence-corrected chi connectivity index (χ4v) is 1.59. The zero-order valence-electron chi connectivity index (χ0n) is 11.1. The Hall–Kier alpha value is -1.95. The Bertz CT molecular complexity index is 417. The van der Waals surface area contributed by atoms with Gasteiger partial charge in [-0.2, -0.15) is 0 Å². The van der Waals surface area contributed by atoms with E-state index in [-0.39, 0.29) is 11.7 Å². The molecular weight excluding hydrogens is 244 g/mol. The molecule has 0 saturated carbocycles. The summed E-state index contributed by atoms with van der Waals surface area (Å²) in [5.74, 6) is 5.76. The molecule has 0 saturated heterocycles. The second kappa shape index (κ2) is 8.20. The van der Waals surface area contributed by atoms with Gasteiger partial charge < -0.3 is 15.5 Å². The van der Waals surface area contributed by atoms with Gasteiger partial charge >= 0.3 is 0 Å². The molecule has 0 fully saturated rings. The highest BCUT2D eigenvalue weighted by atomic mass is 16.1. The molecule has 0 aromatic carbocycles. The third-order valence-electron chi connectivity index (χ3n) is 2.66. The summed E-state index contributed by atoms with van der Waals surface area (Å²) in [6.45, 7) is 2.20. The average molecular weight is 264 g/mol. The molecule has 1 aromatic heterocycles. The quantitative estimate of drug-likeness (QED) is 0.373. The number of nitrogens with one attached hydrogen (secondary N) is 2. The van der Waals surface area contributed by atoms with Gasteiger partial charge in [-0.1, -0.05) is 6.42 Å².